The number of carboxylic acid groups (broad SMARTS) is 1. The molecule has 0 aromatic heterocycles. The minimum Gasteiger partial charge on any atom is -0.486 e. The minimum absolute atomic E-state index is 0.0749. The van der Waals surface area contributed by atoms with Gasteiger partial charge in [0.25, 0.3) is 0 Å². The van der Waals surface area contributed by atoms with Gasteiger partial charge >= 0.3 is 12.1 Å². The lowest BCUT2D eigenvalue weighted by atomic mass is 10.1. The molecule has 0 amide bonds. The molecule has 0 fully saturated rings. The number of aliphatic carboxylic acids is 1. The Balaban J connectivity index is 2.25. The minimum atomic E-state index is -4.49. The van der Waals surface area contributed by atoms with Crippen molar-refractivity contribution in [2.45, 2.75) is 19.2 Å². The second-order valence-electron chi connectivity index (χ2n) is 5.41. The first-order valence-electron chi connectivity index (χ1n) is 7.31. The van der Waals surface area contributed by atoms with E-state index in [1.54, 1.807) is 0 Å². The van der Waals surface area contributed by atoms with Gasteiger partial charge in [0, 0.05) is 12.7 Å². The molecule has 0 atom stereocenters. The van der Waals surface area contributed by atoms with E-state index in [2.05, 4.69) is 5.32 Å². The number of rotatable bonds is 6. The molecule has 2 aromatic carbocycles. The zero-order valence-electron chi connectivity index (χ0n) is 13.5. The molecule has 0 saturated heterocycles. The van der Waals surface area contributed by atoms with Crippen LogP contribution in [0.2, 0.25) is 10.0 Å². The van der Waals surface area contributed by atoms with Crippen molar-refractivity contribution in [3.05, 3.63) is 57.1 Å². The Bertz CT molecular complexity index is 802. The fraction of sp³-hybridized carbons (Fsp3) is 0.235. The zero-order chi connectivity index (χ0) is 19.5. The summed E-state index contributed by atoms with van der Waals surface area (Å²) in [6, 6.07) is 6.26. The number of ether oxygens (including phenoxy) is 1. The Morgan fingerprint density at radius 3 is 2.23 bits per heavy atom. The smallest absolute Gasteiger partial charge is 0.416 e. The summed E-state index contributed by atoms with van der Waals surface area (Å²) in [6.07, 6.45) is -4.76. The first kappa shape index (κ1) is 20.2. The van der Waals surface area contributed by atoms with Crippen LogP contribution in [0.5, 0.6) is 5.75 Å². The molecular weight excluding hydrogens is 394 g/mol. The van der Waals surface area contributed by atoms with E-state index >= 15 is 0 Å². The molecule has 0 bridgehead atoms. The number of carbonyl (C=O) groups is 1. The van der Waals surface area contributed by atoms with Crippen LogP contribution in [0.25, 0.3) is 0 Å². The quantitative estimate of drug-likeness (QED) is 0.685. The SMILES string of the molecule is CNc1cc(COc2c(Cl)cc(CC(=O)O)cc2Cl)cc(C(F)(F)F)c1. The van der Waals surface area contributed by atoms with Crippen molar-refractivity contribution in [3.63, 3.8) is 0 Å². The number of alkyl halides is 3. The van der Waals surface area contributed by atoms with E-state index in [1.165, 1.54) is 25.2 Å². The highest BCUT2D eigenvalue weighted by Crippen LogP contribution is 2.36. The Morgan fingerprint density at radius 1 is 1.12 bits per heavy atom. The summed E-state index contributed by atoms with van der Waals surface area (Å²) in [6.45, 7) is -0.198. The number of halogens is 5. The Labute approximate surface area is 157 Å². The summed E-state index contributed by atoms with van der Waals surface area (Å²) in [4.78, 5) is 10.7. The monoisotopic (exact) mass is 407 g/mol. The summed E-state index contributed by atoms with van der Waals surface area (Å²) in [5, 5.41) is 11.6. The maximum Gasteiger partial charge on any atom is 0.416 e. The van der Waals surface area contributed by atoms with E-state index in [9.17, 15) is 18.0 Å². The van der Waals surface area contributed by atoms with E-state index in [4.69, 9.17) is 33.0 Å². The van der Waals surface area contributed by atoms with Gasteiger partial charge in [0.2, 0.25) is 0 Å². The van der Waals surface area contributed by atoms with Crippen molar-refractivity contribution in [1.29, 1.82) is 0 Å². The van der Waals surface area contributed by atoms with Gasteiger partial charge in [-0.3, -0.25) is 4.79 Å². The van der Waals surface area contributed by atoms with E-state index in [0.29, 0.717) is 5.56 Å². The van der Waals surface area contributed by atoms with Gasteiger partial charge in [-0.15, -0.1) is 0 Å². The third-order valence-electron chi connectivity index (χ3n) is 3.41. The third kappa shape index (κ3) is 5.19. The fourth-order valence-corrected chi connectivity index (χ4v) is 2.91. The predicted molar refractivity (Wildman–Crippen MR) is 93.1 cm³/mol. The van der Waals surface area contributed by atoms with Gasteiger partial charge in [-0.2, -0.15) is 13.2 Å². The molecule has 26 heavy (non-hydrogen) atoms. The molecule has 0 aliphatic rings. The van der Waals surface area contributed by atoms with E-state index in [1.807, 2.05) is 0 Å². The van der Waals surface area contributed by atoms with Crippen LogP contribution >= 0.6 is 23.2 Å². The van der Waals surface area contributed by atoms with Gasteiger partial charge in [-0.1, -0.05) is 23.2 Å². The van der Waals surface area contributed by atoms with E-state index < -0.39 is 17.7 Å². The van der Waals surface area contributed by atoms with Crippen molar-refractivity contribution in [1.82, 2.24) is 0 Å². The molecule has 0 aliphatic heterocycles. The molecule has 4 nitrogen and oxygen atoms in total. The highest BCUT2D eigenvalue weighted by Gasteiger charge is 2.31. The van der Waals surface area contributed by atoms with Crippen LogP contribution in [0, 0.1) is 0 Å². The van der Waals surface area contributed by atoms with Crippen molar-refractivity contribution < 1.29 is 27.8 Å². The summed E-state index contributed by atoms with van der Waals surface area (Å²) >= 11 is 12.1. The fourth-order valence-electron chi connectivity index (χ4n) is 2.27. The molecule has 140 valence electrons. The van der Waals surface area contributed by atoms with Crippen molar-refractivity contribution in [3.8, 4) is 5.75 Å². The van der Waals surface area contributed by atoms with E-state index in [0.717, 1.165) is 12.1 Å². The molecule has 0 aliphatic carbocycles. The first-order valence-corrected chi connectivity index (χ1v) is 8.07. The summed E-state index contributed by atoms with van der Waals surface area (Å²) < 4.78 is 44.4. The lowest BCUT2D eigenvalue weighted by molar-refractivity contribution is -0.138. The maximum absolute atomic E-state index is 13.0. The van der Waals surface area contributed by atoms with Crippen molar-refractivity contribution in [2.24, 2.45) is 0 Å². The molecule has 2 aromatic rings. The summed E-state index contributed by atoms with van der Waals surface area (Å²) in [5.41, 5.74) is 0.131. The maximum atomic E-state index is 13.0. The standard InChI is InChI=1S/C17H14Cl2F3NO3/c1-23-12-3-10(2-11(7-12)17(20,21)22)8-26-16-13(18)4-9(5-14(16)19)6-15(24)25/h2-5,7,23H,6,8H2,1H3,(H,24,25). The Morgan fingerprint density at radius 2 is 1.73 bits per heavy atom. The van der Waals surface area contributed by atoms with Gasteiger partial charge in [-0.05, 0) is 41.5 Å². The lowest BCUT2D eigenvalue weighted by Gasteiger charge is -2.14. The van der Waals surface area contributed by atoms with Crippen LogP contribution in [0.4, 0.5) is 18.9 Å². The lowest BCUT2D eigenvalue weighted by Crippen LogP contribution is -2.08. The van der Waals surface area contributed by atoms with Crippen LogP contribution in [-0.2, 0) is 24.0 Å². The molecule has 0 unspecified atom stereocenters. The van der Waals surface area contributed by atoms with Crippen LogP contribution in [0.15, 0.2) is 30.3 Å². The summed E-state index contributed by atoms with van der Waals surface area (Å²) in [5.74, 6) is -0.972. The van der Waals surface area contributed by atoms with Gasteiger partial charge in [0.05, 0.1) is 22.0 Å². The number of benzene rings is 2. The van der Waals surface area contributed by atoms with Gasteiger partial charge in [0.15, 0.2) is 5.75 Å². The van der Waals surface area contributed by atoms with Crippen LogP contribution in [0.1, 0.15) is 16.7 Å². The number of nitrogens with one attached hydrogen (secondary N) is 1. The highest BCUT2D eigenvalue weighted by molar-refractivity contribution is 6.37. The molecule has 0 heterocycles. The molecule has 0 spiro atoms. The molecule has 0 radical (unpaired) electrons. The average Bonchev–Trinajstić information content (AvgIpc) is 2.52. The number of hydrogen-bond donors (Lipinski definition) is 2. The van der Waals surface area contributed by atoms with Gasteiger partial charge in [-0.25, -0.2) is 0 Å². The number of anilines is 1. The second-order valence-corrected chi connectivity index (χ2v) is 6.23. The first-order chi connectivity index (χ1) is 12.1. The van der Waals surface area contributed by atoms with Crippen LogP contribution < -0.4 is 10.1 Å². The number of hydrogen-bond acceptors (Lipinski definition) is 3. The van der Waals surface area contributed by atoms with Crippen molar-refractivity contribution in [2.75, 3.05) is 12.4 Å². The molecular formula is C17H14Cl2F3NO3. The van der Waals surface area contributed by atoms with Crippen molar-refractivity contribution >= 4 is 34.9 Å². The number of carboxylic acids is 1. The molecule has 2 rings (SSSR count). The molecule has 2 N–H and O–H groups in total. The van der Waals surface area contributed by atoms with Crippen LogP contribution in [-0.4, -0.2) is 18.1 Å². The van der Waals surface area contributed by atoms with Crippen LogP contribution in [0.3, 0.4) is 0 Å². The van der Waals surface area contributed by atoms with E-state index in [-0.39, 0.29) is 40.1 Å². The topological polar surface area (TPSA) is 58.6 Å². The highest BCUT2D eigenvalue weighted by atomic mass is 35.5. The Kier molecular flexibility index (Phi) is 6.26. The third-order valence-corrected chi connectivity index (χ3v) is 3.97. The summed E-state index contributed by atoms with van der Waals surface area (Å²) in [7, 11) is 1.51. The largest absolute Gasteiger partial charge is 0.486 e. The van der Waals surface area contributed by atoms with Gasteiger partial charge in [0.1, 0.15) is 6.61 Å². The second kappa shape index (κ2) is 8.05. The molecule has 0 saturated carbocycles. The molecule has 9 heteroatoms. The Hall–Kier alpha value is -2.12. The normalized spacial score (nSPS) is 11.3. The predicted octanol–water partition coefficient (Wildman–Crippen LogP) is 5.26. The zero-order valence-corrected chi connectivity index (χ0v) is 15.0. The average molecular weight is 408 g/mol. The van der Waals surface area contributed by atoms with Gasteiger partial charge < -0.3 is 15.2 Å².